The molecule has 0 bridgehead atoms. The second-order valence-electron chi connectivity index (χ2n) is 5.19. The van der Waals surface area contributed by atoms with Gasteiger partial charge < -0.3 is 0 Å². The predicted octanol–water partition coefficient (Wildman–Crippen LogP) is 4.03. The third-order valence-corrected chi connectivity index (χ3v) is 2.36. The summed E-state index contributed by atoms with van der Waals surface area (Å²) >= 11 is 5.76. The van der Waals surface area contributed by atoms with Crippen LogP contribution in [0.4, 0.5) is 4.39 Å². The molecule has 1 nitrogen and oxygen atoms in total. The van der Waals surface area contributed by atoms with Crippen LogP contribution < -0.4 is 0 Å². The van der Waals surface area contributed by atoms with Crippen molar-refractivity contribution in [3.05, 3.63) is 34.6 Å². The normalized spacial score (nSPS) is 11.6. The second-order valence-corrected chi connectivity index (χ2v) is 5.63. The Morgan fingerprint density at radius 1 is 1.38 bits per heavy atom. The SMILES string of the molecule is CC(C)(C)CC(=O)Cc1cc(Cl)ccc1F. The zero-order chi connectivity index (χ0) is 12.3. The summed E-state index contributed by atoms with van der Waals surface area (Å²) in [4.78, 5) is 11.7. The molecular formula is C13H16ClFO. The molecule has 0 aliphatic carbocycles. The van der Waals surface area contributed by atoms with Crippen molar-refractivity contribution in [3.8, 4) is 0 Å². The van der Waals surface area contributed by atoms with Gasteiger partial charge in [-0.3, -0.25) is 4.79 Å². The first kappa shape index (κ1) is 13.2. The maximum atomic E-state index is 13.4. The molecule has 0 aliphatic heterocycles. The van der Waals surface area contributed by atoms with E-state index in [1.807, 2.05) is 20.8 Å². The molecule has 0 spiro atoms. The summed E-state index contributed by atoms with van der Waals surface area (Å²) in [6.07, 6.45) is 0.558. The Morgan fingerprint density at radius 3 is 2.56 bits per heavy atom. The maximum absolute atomic E-state index is 13.4. The highest BCUT2D eigenvalue weighted by molar-refractivity contribution is 6.30. The van der Waals surface area contributed by atoms with Gasteiger partial charge >= 0.3 is 0 Å². The van der Waals surface area contributed by atoms with Crippen LogP contribution in [0.25, 0.3) is 0 Å². The van der Waals surface area contributed by atoms with Crippen LogP contribution in [0.3, 0.4) is 0 Å². The Morgan fingerprint density at radius 2 is 2.00 bits per heavy atom. The number of rotatable bonds is 3. The molecule has 16 heavy (non-hydrogen) atoms. The van der Waals surface area contributed by atoms with Crippen LogP contribution >= 0.6 is 11.6 Å². The van der Waals surface area contributed by atoms with Gasteiger partial charge in [0.1, 0.15) is 11.6 Å². The van der Waals surface area contributed by atoms with Gasteiger partial charge in [-0.15, -0.1) is 0 Å². The van der Waals surface area contributed by atoms with Gasteiger partial charge in [0.2, 0.25) is 0 Å². The van der Waals surface area contributed by atoms with E-state index in [0.717, 1.165) is 0 Å². The highest BCUT2D eigenvalue weighted by Crippen LogP contribution is 2.21. The number of hydrogen-bond acceptors (Lipinski definition) is 1. The molecule has 0 atom stereocenters. The lowest BCUT2D eigenvalue weighted by Crippen LogP contribution is -2.15. The van der Waals surface area contributed by atoms with Gasteiger partial charge in [0.05, 0.1) is 0 Å². The van der Waals surface area contributed by atoms with Gasteiger partial charge in [-0.2, -0.15) is 0 Å². The monoisotopic (exact) mass is 242 g/mol. The maximum Gasteiger partial charge on any atom is 0.137 e. The number of carbonyl (C=O) groups is 1. The van der Waals surface area contributed by atoms with Crippen molar-refractivity contribution in [2.45, 2.75) is 33.6 Å². The lowest BCUT2D eigenvalue weighted by molar-refractivity contribution is -0.120. The molecule has 0 unspecified atom stereocenters. The van der Waals surface area contributed by atoms with Gasteiger partial charge in [-0.05, 0) is 29.2 Å². The van der Waals surface area contributed by atoms with Crippen molar-refractivity contribution in [1.82, 2.24) is 0 Å². The van der Waals surface area contributed by atoms with Crippen LogP contribution in [0.15, 0.2) is 18.2 Å². The third-order valence-electron chi connectivity index (χ3n) is 2.12. The van der Waals surface area contributed by atoms with Crippen molar-refractivity contribution < 1.29 is 9.18 Å². The number of ketones is 1. The fourth-order valence-electron chi connectivity index (χ4n) is 1.55. The third kappa shape index (κ3) is 4.31. The van der Waals surface area contributed by atoms with Gasteiger partial charge in [-0.25, -0.2) is 4.39 Å². The van der Waals surface area contributed by atoms with Crippen molar-refractivity contribution >= 4 is 17.4 Å². The minimum absolute atomic E-state index is 0.0358. The van der Waals surface area contributed by atoms with Crippen LogP contribution in [-0.4, -0.2) is 5.78 Å². The molecule has 1 rings (SSSR count). The molecule has 0 saturated heterocycles. The van der Waals surface area contributed by atoms with E-state index in [9.17, 15) is 9.18 Å². The summed E-state index contributed by atoms with van der Waals surface area (Å²) in [5, 5.41) is 0.458. The van der Waals surface area contributed by atoms with Gasteiger partial charge in [0.25, 0.3) is 0 Å². The lowest BCUT2D eigenvalue weighted by atomic mass is 9.88. The highest BCUT2D eigenvalue weighted by Gasteiger charge is 2.17. The number of carbonyl (C=O) groups excluding carboxylic acids is 1. The van der Waals surface area contributed by atoms with Gasteiger partial charge in [0, 0.05) is 17.9 Å². The molecule has 0 heterocycles. The Labute approximate surface area is 101 Å². The molecule has 0 N–H and O–H groups in total. The van der Waals surface area contributed by atoms with E-state index >= 15 is 0 Å². The number of Topliss-reactive ketones (excluding diaryl/α,β-unsaturated/α-hetero) is 1. The van der Waals surface area contributed by atoms with Crippen LogP contribution in [-0.2, 0) is 11.2 Å². The second kappa shape index (κ2) is 4.96. The molecule has 0 fully saturated rings. The van der Waals surface area contributed by atoms with Gasteiger partial charge in [0.15, 0.2) is 0 Å². The van der Waals surface area contributed by atoms with Crippen molar-refractivity contribution in [1.29, 1.82) is 0 Å². The molecule has 1 aromatic carbocycles. The smallest absolute Gasteiger partial charge is 0.137 e. The van der Waals surface area contributed by atoms with E-state index < -0.39 is 0 Å². The zero-order valence-electron chi connectivity index (χ0n) is 9.81. The van der Waals surface area contributed by atoms with E-state index in [1.165, 1.54) is 18.2 Å². The van der Waals surface area contributed by atoms with Crippen molar-refractivity contribution in [3.63, 3.8) is 0 Å². The van der Waals surface area contributed by atoms with Crippen LogP contribution in [0, 0.1) is 11.2 Å². The standard InChI is InChI=1S/C13H16ClFO/c1-13(2,3)8-11(16)7-9-6-10(14)4-5-12(9)15/h4-6H,7-8H2,1-3H3. The first-order chi connectivity index (χ1) is 7.28. The number of halogens is 2. The van der Waals surface area contributed by atoms with Crippen LogP contribution in [0.1, 0.15) is 32.8 Å². The molecule has 3 heteroatoms. The average Bonchev–Trinajstić information content (AvgIpc) is 2.08. The number of hydrogen-bond donors (Lipinski definition) is 0. The Bertz CT molecular complexity index is 393. The lowest BCUT2D eigenvalue weighted by Gasteiger charge is -2.16. The molecule has 0 saturated carbocycles. The summed E-state index contributed by atoms with van der Waals surface area (Å²) in [6.45, 7) is 5.96. The van der Waals surface area contributed by atoms with Crippen LogP contribution in [0.2, 0.25) is 5.02 Å². The van der Waals surface area contributed by atoms with Crippen LogP contribution in [0.5, 0.6) is 0 Å². The summed E-state index contributed by atoms with van der Waals surface area (Å²) in [7, 11) is 0. The minimum Gasteiger partial charge on any atom is -0.299 e. The predicted molar refractivity (Wildman–Crippen MR) is 64.2 cm³/mol. The largest absolute Gasteiger partial charge is 0.299 e. The molecule has 1 aromatic rings. The Hall–Kier alpha value is -0.890. The fraction of sp³-hybridized carbons (Fsp3) is 0.462. The Kier molecular flexibility index (Phi) is 4.09. The minimum atomic E-state index is -0.369. The molecule has 88 valence electrons. The molecule has 0 radical (unpaired) electrons. The topological polar surface area (TPSA) is 17.1 Å². The zero-order valence-corrected chi connectivity index (χ0v) is 10.6. The van der Waals surface area contributed by atoms with E-state index in [-0.39, 0.29) is 23.4 Å². The summed E-state index contributed by atoms with van der Waals surface area (Å²) < 4.78 is 13.4. The summed E-state index contributed by atoms with van der Waals surface area (Å²) in [5.74, 6) is -0.333. The van der Waals surface area contributed by atoms with Crippen molar-refractivity contribution in [2.75, 3.05) is 0 Å². The first-order valence-corrected chi connectivity index (χ1v) is 5.61. The highest BCUT2D eigenvalue weighted by atomic mass is 35.5. The molecule has 0 aromatic heterocycles. The van der Waals surface area contributed by atoms with E-state index in [1.54, 1.807) is 0 Å². The van der Waals surface area contributed by atoms with E-state index in [0.29, 0.717) is 17.0 Å². The summed E-state index contributed by atoms with van der Waals surface area (Å²) in [5.41, 5.74) is 0.313. The molecule has 0 amide bonds. The number of benzene rings is 1. The van der Waals surface area contributed by atoms with Crippen molar-refractivity contribution in [2.24, 2.45) is 5.41 Å². The molecule has 0 aliphatic rings. The van der Waals surface area contributed by atoms with E-state index in [4.69, 9.17) is 11.6 Å². The summed E-state index contributed by atoms with van der Waals surface area (Å²) in [6, 6.07) is 4.29. The van der Waals surface area contributed by atoms with Gasteiger partial charge in [-0.1, -0.05) is 32.4 Å². The Balaban J connectivity index is 2.73. The fourth-order valence-corrected chi connectivity index (χ4v) is 1.74. The molecular weight excluding hydrogens is 227 g/mol. The average molecular weight is 243 g/mol. The quantitative estimate of drug-likeness (QED) is 0.782. The first-order valence-electron chi connectivity index (χ1n) is 5.23. The van der Waals surface area contributed by atoms with E-state index in [2.05, 4.69) is 0 Å².